The van der Waals surface area contributed by atoms with E-state index in [1.54, 1.807) is 0 Å². The second-order valence-corrected chi connectivity index (χ2v) is 15.9. The minimum absolute atomic E-state index is 0.505. The van der Waals surface area contributed by atoms with Crippen LogP contribution < -0.4 is 10.5 Å². The molecule has 0 radical (unpaired) electrons. The molecule has 1 aromatic heterocycles. The van der Waals surface area contributed by atoms with Crippen molar-refractivity contribution in [3.63, 3.8) is 0 Å². The number of nitrogens with zero attached hydrogens (tertiary/aromatic N) is 1. The second kappa shape index (κ2) is 12.5. The van der Waals surface area contributed by atoms with Gasteiger partial charge in [-0.05, 0) is 98.5 Å². The molecule has 8 aromatic carbocycles. The van der Waals surface area contributed by atoms with Crippen LogP contribution in [0.3, 0.4) is 0 Å². The predicted molar refractivity (Wildman–Crippen MR) is 241 cm³/mol. The summed E-state index contributed by atoms with van der Waals surface area (Å²) in [5.41, 5.74) is 24.7. The summed E-state index contributed by atoms with van der Waals surface area (Å²) in [4.78, 5) is 5.12. The monoisotopic (exact) mass is 754 g/mol. The largest absolute Gasteiger partial charge is 0.457 e. The van der Waals surface area contributed by atoms with Crippen LogP contribution in [0.5, 0.6) is 11.5 Å². The van der Waals surface area contributed by atoms with E-state index in [2.05, 4.69) is 188 Å². The van der Waals surface area contributed by atoms with Gasteiger partial charge in [0.1, 0.15) is 11.5 Å². The number of nitrogen functional groups attached to an aromatic ring is 1. The number of allylic oxidation sites excluding steroid dienone is 1. The SMILES string of the molecule is C/C=C\c1ccc2ccc(-c3cccc(-c4ccc5c(c4)C4(c6ccccc6O5)c5ccccc5C5(c6ccccc6-c6ccccc65)c5ccccc54)c3)nc2c1N. The number of rotatable bonds is 3. The number of fused-ring (bicyclic) bond motifs is 16. The Kier molecular flexibility index (Phi) is 7.13. The molecule has 0 saturated heterocycles. The van der Waals surface area contributed by atoms with Crippen molar-refractivity contribution in [1.82, 2.24) is 4.98 Å². The number of anilines is 1. The van der Waals surface area contributed by atoms with Gasteiger partial charge in [-0.3, -0.25) is 0 Å². The summed E-state index contributed by atoms with van der Waals surface area (Å²) in [5.74, 6) is 1.74. The van der Waals surface area contributed by atoms with Gasteiger partial charge in [0.25, 0.3) is 0 Å². The lowest BCUT2D eigenvalue weighted by atomic mass is 9.51. The lowest BCUT2D eigenvalue weighted by Crippen LogP contribution is -2.45. The van der Waals surface area contributed by atoms with Crippen LogP contribution >= 0.6 is 0 Å². The average Bonchev–Trinajstić information content (AvgIpc) is 3.59. The standard InChI is InChI=1S/C56H38N2O/c1-2-14-35-27-28-36-29-31-50(58-54(36)53(35)57)39-16-13-15-37(33-39)38-30-32-52-49(34-38)56(48-25-11-12-26-51(48)59-52)46-23-9-7-21-44(46)55(45-22-8-10-24-47(45)56)42-19-5-3-17-40(42)41-18-4-6-20-43(41)55/h2-34H,57H2,1H3/b14-2-. The van der Waals surface area contributed by atoms with Gasteiger partial charge in [-0.1, -0.05) is 170 Å². The van der Waals surface area contributed by atoms with Gasteiger partial charge in [-0.2, -0.15) is 0 Å². The normalized spacial score (nSPS) is 14.6. The molecule has 0 bridgehead atoms. The van der Waals surface area contributed by atoms with E-state index in [-0.39, 0.29) is 0 Å². The fourth-order valence-corrected chi connectivity index (χ4v) is 10.8. The summed E-state index contributed by atoms with van der Waals surface area (Å²) >= 11 is 0. The van der Waals surface area contributed by atoms with Crippen LogP contribution in [0.1, 0.15) is 57.0 Å². The van der Waals surface area contributed by atoms with Gasteiger partial charge in [0.05, 0.1) is 27.7 Å². The third-order valence-corrected chi connectivity index (χ3v) is 13.1. The third kappa shape index (κ3) is 4.45. The molecule has 0 amide bonds. The molecule has 3 aliphatic rings. The van der Waals surface area contributed by atoms with Crippen LogP contribution in [0.2, 0.25) is 0 Å². The van der Waals surface area contributed by atoms with Crippen molar-refractivity contribution in [2.24, 2.45) is 0 Å². The molecular weight excluding hydrogens is 717 g/mol. The van der Waals surface area contributed by atoms with E-state index in [0.29, 0.717) is 5.69 Å². The highest BCUT2D eigenvalue weighted by Crippen LogP contribution is 2.67. The maximum absolute atomic E-state index is 6.90. The smallest absolute Gasteiger partial charge is 0.132 e. The molecule has 2 spiro atoms. The summed E-state index contributed by atoms with van der Waals surface area (Å²) < 4.78 is 6.90. The number of benzene rings is 8. The number of para-hydroxylation sites is 1. The first-order valence-corrected chi connectivity index (χ1v) is 20.4. The average molecular weight is 755 g/mol. The highest BCUT2D eigenvalue weighted by atomic mass is 16.5. The molecule has 278 valence electrons. The number of hydrogen-bond acceptors (Lipinski definition) is 3. The Morgan fingerprint density at radius 3 is 1.64 bits per heavy atom. The molecule has 0 fully saturated rings. The molecule has 2 aliphatic carbocycles. The Morgan fingerprint density at radius 1 is 0.458 bits per heavy atom. The van der Waals surface area contributed by atoms with Crippen molar-refractivity contribution in [2.45, 2.75) is 17.8 Å². The van der Waals surface area contributed by atoms with E-state index >= 15 is 0 Å². The molecule has 12 rings (SSSR count). The van der Waals surface area contributed by atoms with Crippen molar-refractivity contribution in [3.8, 4) is 45.0 Å². The lowest BCUT2D eigenvalue weighted by molar-refractivity contribution is 0.429. The van der Waals surface area contributed by atoms with Crippen molar-refractivity contribution in [3.05, 3.63) is 244 Å². The quantitative estimate of drug-likeness (QED) is 0.183. The molecular formula is C56H38N2O. The van der Waals surface area contributed by atoms with Gasteiger partial charge in [-0.15, -0.1) is 0 Å². The first-order chi connectivity index (χ1) is 29.1. The Hall–Kier alpha value is -7.49. The fourth-order valence-electron chi connectivity index (χ4n) is 10.8. The fraction of sp³-hybridized carbons (Fsp3) is 0.0536. The second-order valence-electron chi connectivity index (χ2n) is 15.9. The molecule has 59 heavy (non-hydrogen) atoms. The molecule has 0 atom stereocenters. The number of pyridine rings is 1. The van der Waals surface area contributed by atoms with Crippen LogP contribution in [-0.2, 0) is 10.8 Å². The van der Waals surface area contributed by atoms with E-state index < -0.39 is 10.8 Å². The predicted octanol–water partition coefficient (Wildman–Crippen LogP) is 13.3. The van der Waals surface area contributed by atoms with Gasteiger partial charge < -0.3 is 10.5 Å². The Labute approximate surface area is 343 Å². The topological polar surface area (TPSA) is 48.1 Å². The summed E-state index contributed by atoms with van der Waals surface area (Å²) in [6.45, 7) is 2.00. The molecule has 9 aromatic rings. The molecule has 3 heteroatoms. The minimum atomic E-state index is -0.676. The molecule has 1 aliphatic heterocycles. The molecule has 2 N–H and O–H groups in total. The lowest BCUT2D eigenvalue weighted by Gasteiger charge is -2.51. The van der Waals surface area contributed by atoms with Crippen LogP contribution in [0.25, 0.3) is 50.5 Å². The van der Waals surface area contributed by atoms with E-state index in [9.17, 15) is 0 Å². The summed E-state index contributed by atoms with van der Waals surface area (Å²) in [6.07, 6.45) is 4.04. The Balaban J connectivity index is 1.11. The molecule has 0 unspecified atom stereocenters. The zero-order chi connectivity index (χ0) is 39.3. The summed E-state index contributed by atoms with van der Waals surface area (Å²) in [7, 11) is 0. The van der Waals surface area contributed by atoms with Gasteiger partial charge in [0.2, 0.25) is 0 Å². The zero-order valence-electron chi connectivity index (χ0n) is 32.5. The first-order valence-electron chi connectivity index (χ1n) is 20.4. The Bertz CT molecular complexity index is 3150. The minimum Gasteiger partial charge on any atom is -0.457 e. The first kappa shape index (κ1) is 33.6. The number of nitrogens with two attached hydrogens (primary N) is 1. The number of aromatic nitrogens is 1. The molecule has 2 heterocycles. The van der Waals surface area contributed by atoms with Crippen LogP contribution in [0.15, 0.2) is 194 Å². The summed E-state index contributed by atoms with van der Waals surface area (Å²) in [6, 6.07) is 68.8. The van der Waals surface area contributed by atoms with Crippen LogP contribution in [0.4, 0.5) is 5.69 Å². The van der Waals surface area contributed by atoms with E-state index in [1.807, 2.05) is 19.1 Å². The van der Waals surface area contributed by atoms with Gasteiger partial charge in [-0.25, -0.2) is 4.98 Å². The Morgan fingerprint density at radius 2 is 0.983 bits per heavy atom. The number of ether oxygens (including phenoxy) is 1. The van der Waals surface area contributed by atoms with Crippen molar-refractivity contribution < 1.29 is 4.74 Å². The third-order valence-electron chi connectivity index (χ3n) is 13.1. The van der Waals surface area contributed by atoms with Crippen molar-refractivity contribution >= 4 is 22.7 Å². The van der Waals surface area contributed by atoms with Crippen LogP contribution in [0, 0.1) is 0 Å². The van der Waals surface area contributed by atoms with E-state index in [1.165, 1.54) is 44.5 Å². The van der Waals surface area contributed by atoms with E-state index in [4.69, 9.17) is 15.5 Å². The van der Waals surface area contributed by atoms with Gasteiger partial charge in [0.15, 0.2) is 0 Å². The van der Waals surface area contributed by atoms with Crippen molar-refractivity contribution in [1.29, 1.82) is 0 Å². The van der Waals surface area contributed by atoms with Crippen LogP contribution in [-0.4, -0.2) is 4.98 Å². The van der Waals surface area contributed by atoms with Crippen molar-refractivity contribution in [2.75, 3.05) is 5.73 Å². The molecule has 0 saturated carbocycles. The summed E-state index contributed by atoms with van der Waals surface area (Å²) in [5, 5.41) is 1.02. The zero-order valence-corrected chi connectivity index (χ0v) is 32.5. The van der Waals surface area contributed by atoms with E-state index in [0.717, 1.165) is 61.5 Å². The molecule has 3 nitrogen and oxygen atoms in total. The highest BCUT2D eigenvalue weighted by Gasteiger charge is 2.58. The van der Waals surface area contributed by atoms with Gasteiger partial charge in [0, 0.05) is 22.1 Å². The number of hydrogen-bond donors (Lipinski definition) is 1. The highest BCUT2D eigenvalue weighted by molar-refractivity contribution is 5.95. The van der Waals surface area contributed by atoms with Gasteiger partial charge >= 0.3 is 0 Å². The maximum atomic E-state index is 6.90. The maximum Gasteiger partial charge on any atom is 0.132 e.